The minimum absolute atomic E-state index is 0.929. The first kappa shape index (κ1) is 6.07. The van der Waals surface area contributed by atoms with Gasteiger partial charge in [-0.2, -0.15) is 0 Å². The number of hydrogen-bond donors (Lipinski definition) is 0. The molecular weight excluding hydrogens is 217 g/mol. The van der Waals surface area contributed by atoms with Crippen LogP contribution in [0.2, 0.25) is 0 Å². The Morgan fingerprint density at radius 1 is 1.88 bits per heavy atom. The average Bonchev–Trinajstić information content (AvgIpc) is 2.14. The molecule has 1 heterocycles. The third-order valence-corrected chi connectivity index (χ3v) is 1.79. The van der Waals surface area contributed by atoms with E-state index in [1.165, 1.54) is 6.39 Å². The van der Waals surface area contributed by atoms with Crippen molar-refractivity contribution in [2.24, 2.45) is 0 Å². The molecule has 0 bridgehead atoms. The van der Waals surface area contributed by atoms with Crippen molar-refractivity contribution < 1.29 is 4.42 Å². The molecule has 0 spiro atoms. The Bertz CT molecular complexity index is 173. The standard InChI is InChI=1S/C5H6INO/c1-2-4-5(6)7-3-8-4/h3H,2H2,1H3. The third-order valence-electron chi connectivity index (χ3n) is 0.912. The maximum absolute atomic E-state index is 4.99. The highest BCUT2D eigenvalue weighted by atomic mass is 127. The molecule has 0 radical (unpaired) electrons. The Morgan fingerprint density at radius 2 is 2.62 bits per heavy atom. The van der Waals surface area contributed by atoms with Crippen LogP contribution in [0.15, 0.2) is 10.8 Å². The van der Waals surface area contributed by atoms with Gasteiger partial charge in [0.15, 0.2) is 6.39 Å². The van der Waals surface area contributed by atoms with Gasteiger partial charge in [-0.15, -0.1) is 0 Å². The first-order valence-electron chi connectivity index (χ1n) is 2.42. The Morgan fingerprint density at radius 3 is 2.88 bits per heavy atom. The molecule has 1 rings (SSSR count). The Labute approximate surface area is 61.4 Å². The maximum Gasteiger partial charge on any atom is 0.181 e. The van der Waals surface area contributed by atoms with Crippen LogP contribution >= 0.6 is 22.6 Å². The van der Waals surface area contributed by atoms with Crippen LogP contribution in [0.3, 0.4) is 0 Å². The molecule has 0 aromatic carbocycles. The van der Waals surface area contributed by atoms with Crippen LogP contribution in [0.5, 0.6) is 0 Å². The van der Waals surface area contributed by atoms with E-state index < -0.39 is 0 Å². The smallest absolute Gasteiger partial charge is 0.181 e. The molecule has 0 aliphatic carbocycles. The molecule has 3 heteroatoms. The van der Waals surface area contributed by atoms with Crippen LogP contribution in [0, 0.1) is 3.70 Å². The predicted octanol–water partition coefficient (Wildman–Crippen LogP) is 1.84. The number of aryl methyl sites for hydroxylation is 1. The summed E-state index contributed by atoms with van der Waals surface area (Å²) in [5.74, 6) is 0.977. The van der Waals surface area contributed by atoms with Crippen molar-refractivity contribution in [3.8, 4) is 0 Å². The lowest BCUT2D eigenvalue weighted by Gasteiger charge is -1.82. The summed E-state index contributed by atoms with van der Waals surface area (Å²) >= 11 is 2.15. The molecule has 1 aromatic heterocycles. The molecular formula is C5H6INO. The van der Waals surface area contributed by atoms with E-state index in [0.717, 1.165) is 15.9 Å². The van der Waals surface area contributed by atoms with Crippen molar-refractivity contribution in [1.82, 2.24) is 4.98 Å². The number of halogens is 1. The fourth-order valence-corrected chi connectivity index (χ4v) is 1.11. The van der Waals surface area contributed by atoms with Crippen LogP contribution in [0.25, 0.3) is 0 Å². The minimum atomic E-state index is 0.929. The Hall–Kier alpha value is -0.0600. The van der Waals surface area contributed by atoms with Crippen molar-refractivity contribution in [3.63, 3.8) is 0 Å². The van der Waals surface area contributed by atoms with Crippen LogP contribution in [0.4, 0.5) is 0 Å². The second-order valence-corrected chi connectivity index (χ2v) is 2.44. The quantitative estimate of drug-likeness (QED) is 0.679. The highest BCUT2D eigenvalue weighted by Gasteiger charge is 1.98. The third kappa shape index (κ3) is 1.02. The van der Waals surface area contributed by atoms with E-state index in [1.807, 2.05) is 6.92 Å². The molecule has 1 aromatic rings. The van der Waals surface area contributed by atoms with Gasteiger partial charge in [-0.3, -0.25) is 0 Å². The van der Waals surface area contributed by atoms with E-state index >= 15 is 0 Å². The molecule has 0 atom stereocenters. The van der Waals surface area contributed by atoms with E-state index in [4.69, 9.17) is 4.42 Å². The highest BCUT2D eigenvalue weighted by molar-refractivity contribution is 14.1. The maximum atomic E-state index is 4.99. The van der Waals surface area contributed by atoms with Gasteiger partial charge in [0.2, 0.25) is 0 Å². The van der Waals surface area contributed by atoms with Gasteiger partial charge in [-0.1, -0.05) is 6.92 Å². The largest absolute Gasteiger partial charge is 0.447 e. The van der Waals surface area contributed by atoms with Crippen molar-refractivity contribution >= 4 is 22.6 Å². The second kappa shape index (κ2) is 2.48. The summed E-state index contributed by atoms with van der Waals surface area (Å²) in [6, 6.07) is 0. The van der Waals surface area contributed by atoms with E-state index in [0.29, 0.717) is 0 Å². The zero-order valence-corrected chi connectivity index (χ0v) is 6.68. The molecule has 44 valence electrons. The molecule has 2 nitrogen and oxygen atoms in total. The summed E-state index contributed by atoms with van der Waals surface area (Å²) < 4.78 is 5.97. The number of hydrogen-bond acceptors (Lipinski definition) is 2. The fourth-order valence-electron chi connectivity index (χ4n) is 0.486. The van der Waals surface area contributed by atoms with Crippen molar-refractivity contribution in [3.05, 3.63) is 15.9 Å². The lowest BCUT2D eigenvalue weighted by Crippen LogP contribution is -1.77. The number of nitrogens with zero attached hydrogens (tertiary/aromatic N) is 1. The molecule has 0 N–H and O–H groups in total. The van der Waals surface area contributed by atoms with Gasteiger partial charge in [-0.05, 0) is 22.6 Å². The van der Waals surface area contributed by atoms with E-state index in [9.17, 15) is 0 Å². The van der Waals surface area contributed by atoms with Crippen LogP contribution in [-0.4, -0.2) is 4.98 Å². The SMILES string of the molecule is CCc1ocnc1I. The Balaban J connectivity index is 2.92. The molecule has 0 aliphatic rings. The van der Waals surface area contributed by atoms with Gasteiger partial charge in [0, 0.05) is 6.42 Å². The molecule has 0 saturated heterocycles. The number of aromatic nitrogens is 1. The van der Waals surface area contributed by atoms with Crippen LogP contribution in [-0.2, 0) is 6.42 Å². The summed E-state index contributed by atoms with van der Waals surface area (Å²) in [7, 11) is 0. The summed E-state index contributed by atoms with van der Waals surface area (Å²) in [4.78, 5) is 3.91. The van der Waals surface area contributed by atoms with Crippen LogP contribution < -0.4 is 0 Å². The van der Waals surface area contributed by atoms with E-state index in [2.05, 4.69) is 27.6 Å². The molecule has 0 amide bonds. The summed E-state index contributed by atoms with van der Waals surface area (Å²) in [5.41, 5.74) is 0. The van der Waals surface area contributed by atoms with E-state index in [-0.39, 0.29) is 0 Å². The van der Waals surface area contributed by atoms with Crippen molar-refractivity contribution in [2.45, 2.75) is 13.3 Å². The molecule has 8 heavy (non-hydrogen) atoms. The normalized spacial score (nSPS) is 9.75. The van der Waals surface area contributed by atoms with E-state index in [1.54, 1.807) is 0 Å². The second-order valence-electron chi connectivity index (χ2n) is 1.42. The first-order valence-corrected chi connectivity index (χ1v) is 3.50. The van der Waals surface area contributed by atoms with Crippen molar-refractivity contribution in [1.29, 1.82) is 0 Å². The summed E-state index contributed by atoms with van der Waals surface area (Å²) in [5, 5.41) is 0. The predicted molar refractivity (Wildman–Crippen MR) is 38.6 cm³/mol. The molecule has 0 aliphatic heterocycles. The minimum Gasteiger partial charge on any atom is -0.447 e. The number of oxazole rings is 1. The lowest BCUT2D eigenvalue weighted by molar-refractivity contribution is 0.508. The molecule has 0 unspecified atom stereocenters. The zero-order chi connectivity index (χ0) is 5.98. The highest BCUT2D eigenvalue weighted by Crippen LogP contribution is 2.08. The summed E-state index contributed by atoms with van der Waals surface area (Å²) in [6.07, 6.45) is 2.40. The lowest BCUT2D eigenvalue weighted by atomic mass is 10.4. The molecule has 0 saturated carbocycles. The van der Waals surface area contributed by atoms with Gasteiger partial charge in [0.1, 0.15) is 9.46 Å². The van der Waals surface area contributed by atoms with Gasteiger partial charge < -0.3 is 4.42 Å². The zero-order valence-electron chi connectivity index (χ0n) is 4.52. The van der Waals surface area contributed by atoms with Gasteiger partial charge in [0.25, 0.3) is 0 Å². The number of rotatable bonds is 1. The average molecular weight is 223 g/mol. The fraction of sp³-hybridized carbons (Fsp3) is 0.400. The summed E-state index contributed by atoms with van der Waals surface area (Å²) in [6.45, 7) is 2.04. The van der Waals surface area contributed by atoms with Gasteiger partial charge in [-0.25, -0.2) is 4.98 Å². The van der Waals surface area contributed by atoms with Gasteiger partial charge >= 0.3 is 0 Å². The van der Waals surface area contributed by atoms with Gasteiger partial charge in [0.05, 0.1) is 0 Å². The molecule has 0 fully saturated rings. The first-order chi connectivity index (χ1) is 3.84. The topological polar surface area (TPSA) is 26.0 Å². The monoisotopic (exact) mass is 223 g/mol. The van der Waals surface area contributed by atoms with Crippen LogP contribution in [0.1, 0.15) is 12.7 Å². The van der Waals surface area contributed by atoms with Crippen molar-refractivity contribution in [2.75, 3.05) is 0 Å². The Kier molecular flexibility index (Phi) is 1.88.